The van der Waals surface area contributed by atoms with Crippen LogP contribution in [0.5, 0.6) is 5.75 Å². The van der Waals surface area contributed by atoms with Gasteiger partial charge in [0.15, 0.2) is 0 Å². The maximum Gasteiger partial charge on any atom is 0.247 e. The molecule has 4 atom stereocenters. The fraction of sp³-hybridized carbons (Fsp3) is 0.290. The third-order valence-corrected chi connectivity index (χ3v) is 7.23. The molecule has 0 saturated heterocycles. The number of ether oxygens (including phenoxy) is 1. The van der Waals surface area contributed by atoms with Gasteiger partial charge in [0.1, 0.15) is 18.0 Å². The van der Waals surface area contributed by atoms with Gasteiger partial charge in [-0.05, 0) is 30.2 Å². The van der Waals surface area contributed by atoms with Crippen molar-refractivity contribution in [2.45, 2.75) is 44.1 Å². The van der Waals surface area contributed by atoms with Crippen molar-refractivity contribution >= 4 is 11.8 Å². The lowest BCUT2D eigenvalue weighted by atomic mass is 9.77. The van der Waals surface area contributed by atoms with Gasteiger partial charge in [0, 0.05) is 24.2 Å². The van der Waals surface area contributed by atoms with Crippen LogP contribution in [0.15, 0.2) is 90.5 Å². The van der Waals surface area contributed by atoms with Gasteiger partial charge >= 0.3 is 0 Å². The highest BCUT2D eigenvalue weighted by atomic mass is 16.5. The number of benzene rings is 3. The first kappa shape index (κ1) is 25.7. The molecule has 2 amide bonds. The van der Waals surface area contributed by atoms with E-state index >= 15 is 0 Å². The average Bonchev–Trinajstić information content (AvgIpc) is 3.33. The summed E-state index contributed by atoms with van der Waals surface area (Å²) in [5, 5.41) is 23.7. The number of carbonyl (C=O) groups excluding carboxylic acids is 2. The molecule has 5 rings (SSSR count). The number of hydrogen-bond acceptors (Lipinski definition) is 5. The number of aryl methyl sites for hydroxylation is 1. The molecule has 7 nitrogen and oxygen atoms in total. The van der Waals surface area contributed by atoms with E-state index in [0.29, 0.717) is 11.3 Å². The Hall–Kier alpha value is -3.94. The Kier molecular flexibility index (Phi) is 7.58. The van der Waals surface area contributed by atoms with Crippen LogP contribution in [0.1, 0.15) is 28.2 Å². The van der Waals surface area contributed by atoms with E-state index in [2.05, 4.69) is 5.32 Å². The van der Waals surface area contributed by atoms with E-state index in [9.17, 15) is 19.8 Å². The highest BCUT2D eigenvalue weighted by molar-refractivity contribution is 5.96. The molecule has 3 aromatic rings. The molecule has 7 heteroatoms. The molecule has 0 fully saturated rings. The summed E-state index contributed by atoms with van der Waals surface area (Å²) in [5.74, 6) is -0.386. The number of hydrogen-bond donors (Lipinski definition) is 3. The Bertz CT molecular complexity index is 1320. The lowest BCUT2D eigenvalue weighted by Crippen LogP contribution is -2.55. The summed E-state index contributed by atoms with van der Waals surface area (Å²) >= 11 is 0. The minimum atomic E-state index is -1.06. The van der Waals surface area contributed by atoms with Crippen LogP contribution in [0.25, 0.3) is 0 Å². The van der Waals surface area contributed by atoms with E-state index in [1.807, 2.05) is 85.8 Å². The Morgan fingerprint density at radius 1 is 0.947 bits per heavy atom. The van der Waals surface area contributed by atoms with E-state index in [4.69, 9.17) is 4.74 Å². The molecule has 0 radical (unpaired) electrons. The van der Waals surface area contributed by atoms with Crippen LogP contribution in [0.2, 0.25) is 0 Å². The molecule has 196 valence electrons. The van der Waals surface area contributed by atoms with Crippen LogP contribution in [0.3, 0.4) is 0 Å². The van der Waals surface area contributed by atoms with Gasteiger partial charge < -0.3 is 25.2 Å². The van der Waals surface area contributed by atoms with Crippen molar-refractivity contribution in [1.29, 1.82) is 0 Å². The number of nitrogens with zero attached hydrogens (tertiary/aromatic N) is 1. The molecular formula is C31H32N2O5. The van der Waals surface area contributed by atoms with E-state index < -0.39 is 24.2 Å². The summed E-state index contributed by atoms with van der Waals surface area (Å²) < 4.78 is 6.19. The quantitative estimate of drug-likeness (QED) is 0.431. The third-order valence-electron chi connectivity index (χ3n) is 7.23. The van der Waals surface area contributed by atoms with Crippen LogP contribution in [-0.2, 0) is 22.6 Å². The number of rotatable bonds is 8. The SMILES string of the molecule is Cc1ccc(CN(C(=O)Cc2ccccc2)[C@@H]2C=C(C(=O)NCCO)[C@@H]3c4ccccc4O[C@@H]3[C@H]2O)cc1. The second kappa shape index (κ2) is 11.2. The molecule has 0 unspecified atom stereocenters. The first-order chi connectivity index (χ1) is 18.5. The molecule has 1 aliphatic carbocycles. The van der Waals surface area contributed by atoms with Gasteiger partial charge in [0.25, 0.3) is 0 Å². The van der Waals surface area contributed by atoms with Crippen molar-refractivity contribution in [3.05, 3.63) is 113 Å². The van der Waals surface area contributed by atoms with Gasteiger partial charge in [0.2, 0.25) is 11.8 Å². The van der Waals surface area contributed by atoms with E-state index in [-0.39, 0.29) is 37.9 Å². The highest BCUT2D eigenvalue weighted by Gasteiger charge is 2.50. The van der Waals surface area contributed by atoms with Gasteiger partial charge in [-0.1, -0.05) is 78.4 Å². The molecule has 0 spiro atoms. The number of aliphatic hydroxyl groups is 2. The Morgan fingerprint density at radius 2 is 1.66 bits per heavy atom. The predicted octanol–water partition coefficient (Wildman–Crippen LogP) is 2.89. The number of carbonyl (C=O) groups is 2. The van der Waals surface area contributed by atoms with Crippen molar-refractivity contribution in [2.75, 3.05) is 13.2 Å². The summed E-state index contributed by atoms with van der Waals surface area (Å²) in [7, 11) is 0. The Labute approximate surface area is 222 Å². The molecule has 3 aromatic carbocycles. The van der Waals surface area contributed by atoms with E-state index in [1.54, 1.807) is 11.0 Å². The number of aliphatic hydroxyl groups excluding tert-OH is 2. The first-order valence-corrected chi connectivity index (χ1v) is 12.9. The van der Waals surface area contributed by atoms with Crippen molar-refractivity contribution < 1.29 is 24.5 Å². The average molecular weight is 513 g/mol. The second-order valence-electron chi connectivity index (χ2n) is 9.85. The van der Waals surface area contributed by atoms with Gasteiger partial charge in [-0.3, -0.25) is 9.59 Å². The van der Waals surface area contributed by atoms with Crippen molar-refractivity contribution in [3.8, 4) is 5.75 Å². The predicted molar refractivity (Wildman–Crippen MR) is 143 cm³/mol. The molecule has 0 bridgehead atoms. The largest absolute Gasteiger partial charge is 0.486 e. The third kappa shape index (κ3) is 5.21. The fourth-order valence-corrected chi connectivity index (χ4v) is 5.31. The molecular weight excluding hydrogens is 480 g/mol. The monoisotopic (exact) mass is 512 g/mol. The molecule has 1 heterocycles. The van der Waals surface area contributed by atoms with Gasteiger partial charge in [-0.15, -0.1) is 0 Å². The molecule has 3 N–H and O–H groups in total. The number of amides is 2. The van der Waals surface area contributed by atoms with Crippen LogP contribution in [-0.4, -0.2) is 58.3 Å². The second-order valence-corrected chi connectivity index (χ2v) is 9.85. The van der Waals surface area contributed by atoms with Gasteiger partial charge in [-0.2, -0.15) is 0 Å². The fourth-order valence-electron chi connectivity index (χ4n) is 5.31. The highest BCUT2D eigenvalue weighted by Crippen LogP contribution is 2.47. The minimum Gasteiger partial charge on any atom is -0.486 e. The zero-order valence-corrected chi connectivity index (χ0v) is 21.3. The zero-order chi connectivity index (χ0) is 26.6. The van der Waals surface area contributed by atoms with E-state index in [0.717, 1.165) is 22.3 Å². The number of para-hydroxylation sites is 1. The molecule has 0 aromatic heterocycles. The standard InChI is InChI=1S/C31H32N2O5/c1-20-11-13-22(14-12-20)19-33(27(35)17-21-7-3-2-4-8-21)25-18-24(31(37)32-15-16-34)28-23-9-5-6-10-26(23)38-30(28)29(25)36/h2-14,18,25,28-30,34,36H,15-17,19H2,1H3,(H,32,37)/t25-,28+,29+,30+/m1/s1. The Balaban J connectivity index is 1.55. The zero-order valence-electron chi connectivity index (χ0n) is 21.3. The first-order valence-electron chi connectivity index (χ1n) is 12.9. The van der Waals surface area contributed by atoms with Crippen LogP contribution < -0.4 is 10.1 Å². The van der Waals surface area contributed by atoms with Crippen molar-refractivity contribution in [2.24, 2.45) is 0 Å². The topological polar surface area (TPSA) is 99.1 Å². The van der Waals surface area contributed by atoms with Gasteiger partial charge in [0.05, 0.1) is 25.0 Å². The van der Waals surface area contributed by atoms with Crippen LogP contribution in [0, 0.1) is 6.92 Å². The summed E-state index contributed by atoms with van der Waals surface area (Å²) in [5.41, 5.74) is 4.13. The molecule has 0 saturated carbocycles. The smallest absolute Gasteiger partial charge is 0.247 e. The number of fused-ring (bicyclic) bond motifs is 3. The summed E-state index contributed by atoms with van der Waals surface area (Å²) in [6, 6.07) is 24.0. The maximum absolute atomic E-state index is 13.8. The van der Waals surface area contributed by atoms with Crippen LogP contribution in [0.4, 0.5) is 0 Å². The summed E-state index contributed by atoms with van der Waals surface area (Å²) in [6.07, 6.45) is 0.0702. The van der Waals surface area contributed by atoms with Crippen LogP contribution >= 0.6 is 0 Å². The van der Waals surface area contributed by atoms with Gasteiger partial charge in [-0.25, -0.2) is 0 Å². The normalized spacial score (nSPS) is 21.5. The number of nitrogens with one attached hydrogen (secondary N) is 1. The molecule has 2 aliphatic rings. The molecule has 1 aliphatic heterocycles. The van der Waals surface area contributed by atoms with Crippen molar-refractivity contribution in [3.63, 3.8) is 0 Å². The Morgan fingerprint density at radius 3 is 2.39 bits per heavy atom. The maximum atomic E-state index is 13.8. The van der Waals surface area contributed by atoms with Crippen molar-refractivity contribution in [1.82, 2.24) is 10.2 Å². The minimum absolute atomic E-state index is 0.100. The lowest BCUT2D eigenvalue weighted by molar-refractivity contribution is -0.137. The summed E-state index contributed by atoms with van der Waals surface area (Å²) in [6.45, 7) is 2.17. The lowest BCUT2D eigenvalue weighted by Gasteiger charge is -2.41. The summed E-state index contributed by atoms with van der Waals surface area (Å²) in [4.78, 5) is 28.8. The van der Waals surface area contributed by atoms with E-state index in [1.165, 1.54) is 0 Å². The molecule has 38 heavy (non-hydrogen) atoms.